The second kappa shape index (κ2) is 6.02. The van der Waals surface area contributed by atoms with Crippen LogP contribution >= 0.6 is 0 Å². The summed E-state index contributed by atoms with van der Waals surface area (Å²) in [7, 11) is 1.87. The monoisotopic (exact) mass is 317 g/mol. The molecule has 3 fully saturated rings. The van der Waals surface area contributed by atoms with Crippen LogP contribution in [0.15, 0.2) is 12.3 Å². The van der Waals surface area contributed by atoms with Crippen molar-refractivity contribution in [3.63, 3.8) is 0 Å². The van der Waals surface area contributed by atoms with E-state index in [0.717, 1.165) is 56.4 Å². The standard InChI is InChI=1S/C18H27N3O2/c1-13-19-9-6-17(20-13)21-10-8-18(22-2)7-5-15(11-16(18)21)23-12-14-3-4-14/h6,9,14-16H,3-5,7-8,10-12H2,1-2H3/t15-,16+,18-/m1/s1. The fourth-order valence-electron chi connectivity index (χ4n) is 4.25. The van der Waals surface area contributed by atoms with Gasteiger partial charge in [-0.3, -0.25) is 0 Å². The predicted molar refractivity (Wildman–Crippen MR) is 88.6 cm³/mol. The number of hydrogen-bond acceptors (Lipinski definition) is 5. The molecule has 3 atom stereocenters. The molecule has 4 rings (SSSR count). The van der Waals surface area contributed by atoms with Crippen molar-refractivity contribution >= 4 is 5.82 Å². The topological polar surface area (TPSA) is 47.5 Å². The Labute approximate surface area is 138 Å². The summed E-state index contributed by atoms with van der Waals surface area (Å²) in [5.74, 6) is 2.69. The van der Waals surface area contributed by atoms with Crippen molar-refractivity contribution in [1.82, 2.24) is 9.97 Å². The van der Waals surface area contributed by atoms with Crippen LogP contribution in [0.2, 0.25) is 0 Å². The Morgan fingerprint density at radius 3 is 2.91 bits per heavy atom. The Hall–Kier alpha value is -1.20. The summed E-state index contributed by atoms with van der Waals surface area (Å²) < 4.78 is 12.2. The molecule has 1 aromatic heterocycles. The summed E-state index contributed by atoms with van der Waals surface area (Å²) in [6.45, 7) is 3.90. The van der Waals surface area contributed by atoms with Crippen molar-refractivity contribution in [2.75, 3.05) is 25.2 Å². The number of rotatable bonds is 5. The van der Waals surface area contributed by atoms with Crippen molar-refractivity contribution in [2.45, 2.75) is 63.2 Å². The minimum absolute atomic E-state index is 0.0295. The highest BCUT2D eigenvalue weighted by molar-refractivity contribution is 5.43. The van der Waals surface area contributed by atoms with E-state index >= 15 is 0 Å². The predicted octanol–water partition coefficient (Wildman–Crippen LogP) is 2.73. The van der Waals surface area contributed by atoms with Crippen LogP contribution in [-0.2, 0) is 9.47 Å². The molecule has 5 nitrogen and oxygen atoms in total. The molecule has 2 saturated carbocycles. The molecule has 0 aromatic carbocycles. The average molecular weight is 317 g/mol. The average Bonchev–Trinajstić information content (AvgIpc) is 3.32. The lowest BCUT2D eigenvalue weighted by Gasteiger charge is -2.43. The maximum Gasteiger partial charge on any atom is 0.132 e. The normalized spacial score (nSPS) is 33.7. The number of hydrogen-bond donors (Lipinski definition) is 0. The number of nitrogens with zero attached hydrogens (tertiary/aromatic N) is 3. The Balaban J connectivity index is 1.52. The number of ether oxygens (including phenoxy) is 2. The van der Waals surface area contributed by atoms with E-state index in [2.05, 4.69) is 14.9 Å². The fraction of sp³-hybridized carbons (Fsp3) is 0.778. The Morgan fingerprint density at radius 2 is 2.17 bits per heavy atom. The number of aryl methyl sites for hydroxylation is 1. The summed E-state index contributed by atoms with van der Waals surface area (Å²) in [6, 6.07) is 2.38. The van der Waals surface area contributed by atoms with Gasteiger partial charge in [0.2, 0.25) is 0 Å². The van der Waals surface area contributed by atoms with E-state index in [1.54, 1.807) is 0 Å². The van der Waals surface area contributed by atoms with Gasteiger partial charge in [-0.25, -0.2) is 9.97 Å². The highest BCUT2D eigenvalue weighted by Crippen LogP contribution is 2.44. The molecule has 1 aliphatic heterocycles. The zero-order valence-electron chi connectivity index (χ0n) is 14.2. The lowest BCUT2D eigenvalue weighted by atomic mass is 9.79. The summed E-state index contributed by atoms with van der Waals surface area (Å²) in [5, 5.41) is 0. The lowest BCUT2D eigenvalue weighted by Crippen LogP contribution is -2.52. The first-order chi connectivity index (χ1) is 11.2. The van der Waals surface area contributed by atoms with Crippen LogP contribution in [0.3, 0.4) is 0 Å². The minimum Gasteiger partial charge on any atom is -0.378 e. The molecule has 1 saturated heterocycles. The van der Waals surface area contributed by atoms with Crippen molar-refractivity contribution in [3.8, 4) is 0 Å². The van der Waals surface area contributed by atoms with E-state index in [9.17, 15) is 0 Å². The maximum absolute atomic E-state index is 6.20. The van der Waals surface area contributed by atoms with Crippen LogP contribution in [-0.4, -0.2) is 48.0 Å². The Morgan fingerprint density at radius 1 is 1.30 bits per heavy atom. The van der Waals surface area contributed by atoms with E-state index in [-0.39, 0.29) is 5.60 Å². The fourth-order valence-corrected chi connectivity index (χ4v) is 4.25. The maximum atomic E-state index is 6.20. The molecule has 0 N–H and O–H groups in total. The van der Waals surface area contributed by atoms with E-state index in [1.165, 1.54) is 12.8 Å². The van der Waals surface area contributed by atoms with Gasteiger partial charge in [0.15, 0.2) is 0 Å². The third-order valence-corrected chi connectivity index (χ3v) is 5.86. The summed E-state index contributed by atoms with van der Waals surface area (Å²) in [4.78, 5) is 11.3. The Kier molecular flexibility index (Phi) is 4.01. The number of anilines is 1. The number of methoxy groups -OCH3 is 1. The quantitative estimate of drug-likeness (QED) is 0.835. The smallest absolute Gasteiger partial charge is 0.132 e. The van der Waals surface area contributed by atoms with Gasteiger partial charge in [0.05, 0.1) is 17.7 Å². The van der Waals surface area contributed by atoms with E-state index < -0.39 is 0 Å². The molecule has 2 aliphatic carbocycles. The zero-order valence-corrected chi connectivity index (χ0v) is 14.2. The first-order valence-corrected chi connectivity index (χ1v) is 8.93. The van der Waals surface area contributed by atoms with Crippen molar-refractivity contribution in [2.24, 2.45) is 5.92 Å². The van der Waals surface area contributed by atoms with Gasteiger partial charge in [-0.05, 0) is 57.4 Å². The van der Waals surface area contributed by atoms with E-state index in [1.807, 2.05) is 26.3 Å². The molecule has 1 aromatic rings. The van der Waals surface area contributed by atoms with Gasteiger partial charge in [0.25, 0.3) is 0 Å². The SMILES string of the molecule is CO[C@@]12CC[C@@H](OCC3CC3)C[C@@H]1N(c1ccnc(C)n1)CC2. The molecule has 0 radical (unpaired) electrons. The molecule has 2 heterocycles. The van der Waals surface area contributed by atoms with Crippen molar-refractivity contribution < 1.29 is 9.47 Å². The summed E-state index contributed by atoms with van der Waals surface area (Å²) >= 11 is 0. The van der Waals surface area contributed by atoms with Crippen LogP contribution in [0.1, 0.15) is 44.3 Å². The number of fused-ring (bicyclic) bond motifs is 1. The summed E-state index contributed by atoms with van der Waals surface area (Å²) in [5.41, 5.74) is -0.0295. The second-order valence-corrected chi connectivity index (χ2v) is 7.36. The van der Waals surface area contributed by atoms with E-state index in [4.69, 9.17) is 9.47 Å². The molecule has 0 amide bonds. The van der Waals surface area contributed by atoms with Gasteiger partial charge < -0.3 is 14.4 Å². The van der Waals surface area contributed by atoms with Crippen LogP contribution in [0, 0.1) is 12.8 Å². The third kappa shape index (κ3) is 2.96. The molecule has 5 heteroatoms. The highest BCUT2D eigenvalue weighted by atomic mass is 16.5. The molecular formula is C18H27N3O2. The Bertz CT molecular complexity index is 563. The van der Waals surface area contributed by atoms with Gasteiger partial charge in [-0.15, -0.1) is 0 Å². The third-order valence-electron chi connectivity index (χ3n) is 5.86. The summed E-state index contributed by atoms with van der Waals surface area (Å²) in [6.07, 6.45) is 9.25. The van der Waals surface area contributed by atoms with Crippen molar-refractivity contribution in [3.05, 3.63) is 18.1 Å². The van der Waals surface area contributed by atoms with Crippen LogP contribution in [0.5, 0.6) is 0 Å². The minimum atomic E-state index is -0.0295. The van der Waals surface area contributed by atoms with Crippen LogP contribution in [0.4, 0.5) is 5.82 Å². The lowest BCUT2D eigenvalue weighted by molar-refractivity contribution is -0.0816. The molecule has 126 valence electrons. The molecule has 0 spiro atoms. The second-order valence-electron chi connectivity index (χ2n) is 7.36. The first kappa shape index (κ1) is 15.3. The van der Waals surface area contributed by atoms with E-state index in [0.29, 0.717) is 12.1 Å². The molecule has 0 unspecified atom stereocenters. The van der Waals surface area contributed by atoms with Crippen molar-refractivity contribution in [1.29, 1.82) is 0 Å². The molecule has 3 aliphatic rings. The molecular weight excluding hydrogens is 290 g/mol. The van der Waals surface area contributed by atoms with Crippen LogP contribution < -0.4 is 4.90 Å². The first-order valence-electron chi connectivity index (χ1n) is 8.93. The number of aromatic nitrogens is 2. The van der Waals surface area contributed by atoms with Gasteiger partial charge in [-0.1, -0.05) is 0 Å². The van der Waals surface area contributed by atoms with Crippen LogP contribution in [0.25, 0.3) is 0 Å². The zero-order chi connectivity index (χ0) is 15.9. The highest BCUT2D eigenvalue weighted by Gasteiger charge is 2.51. The van der Waals surface area contributed by atoms with Gasteiger partial charge in [-0.2, -0.15) is 0 Å². The molecule has 23 heavy (non-hydrogen) atoms. The van der Waals surface area contributed by atoms with Gasteiger partial charge in [0, 0.05) is 26.5 Å². The molecule has 0 bridgehead atoms. The largest absolute Gasteiger partial charge is 0.378 e. The van der Waals surface area contributed by atoms with Gasteiger partial charge >= 0.3 is 0 Å². The van der Waals surface area contributed by atoms with Gasteiger partial charge in [0.1, 0.15) is 11.6 Å².